The van der Waals surface area contributed by atoms with Gasteiger partial charge in [-0.3, -0.25) is 9.59 Å². The van der Waals surface area contributed by atoms with Gasteiger partial charge in [0.25, 0.3) is 5.91 Å². The second kappa shape index (κ2) is 8.26. The Morgan fingerprint density at radius 3 is 2.08 bits per heavy atom. The number of carbonyl (C=O) groups excluding carboxylic acids is 2. The Bertz CT molecular complexity index is 605. The minimum absolute atomic E-state index is 0.0613. The maximum atomic E-state index is 12.8. The average molecular weight is 363 g/mol. The number of benzene rings is 1. The Hall–Kier alpha value is -1.49. The molecule has 0 N–H and O–H groups in total. The van der Waals surface area contributed by atoms with Crippen molar-refractivity contribution in [2.24, 2.45) is 5.41 Å². The molecule has 0 spiro atoms. The minimum Gasteiger partial charge on any atom is -0.340 e. The third kappa shape index (κ3) is 5.50. The first-order valence-corrected chi connectivity index (χ1v) is 9.92. The van der Waals surface area contributed by atoms with E-state index >= 15 is 0 Å². The maximum absolute atomic E-state index is 12.8. The first-order chi connectivity index (χ1) is 11.7. The molecule has 1 heterocycles. The molecule has 1 fully saturated rings. The summed E-state index contributed by atoms with van der Waals surface area (Å²) in [6, 6.07) is 7.86. The summed E-state index contributed by atoms with van der Waals surface area (Å²) in [5.41, 5.74) is 0.354. The number of amides is 2. The predicted molar refractivity (Wildman–Crippen MR) is 104 cm³/mol. The van der Waals surface area contributed by atoms with Gasteiger partial charge in [-0.15, -0.1) is 11.8 Å². The lowest BCUT2D eigenvalue weighted by molar-refractivity contribution is -0.139. The first kappa shape index (κ1) is 19.8. The number of hydrogen-bond acceptors (Lipinski definition) is 3. The lowest BCUT2D eigenvalue weighted by Crippen LogP contribution is -2.42. The number of carbonyl (C=O) groups is 2. The van der Waals surface area contributed by atoms with Crippen molar-refractivity contribution in [2.75, 3.05) is 26.2 Å². The molecule has 4 nitrogen and oxygen atoms in total. The average Bonchev–Trinajstić information content (AvgIpc) is 2.78. The van der Waals surface area contributed by atoms with E-state index in [-0.39, 0.29) is 17.2 Å². The summed E-state index contributed by atoms with van der Waals surface area (Å²) in [5, 5.41) is 0.526. The Morgan fingerprint density at radius 2 is 1.52 bits per heavy atom. The molecule has 0 atom stereocenters. The fourth-order valence-electron chi connectivity index (χ4n) is 2.93. The lowest BCUT2D eigenvalue weighted by Gasteiger charge is -2.28. The summed E-state index contributed by atoms with van der Waals surface area (Å²) in [4.78, 5) is 30.2. The molecule has 0 aliphatic carbocycles. The first-order valence-electron chi connectivity index (χ1n) is 9.04. The molecule has 0 bridgehead atoms. The Kier molecular flexibility index (Phi) is 6.55. The highest BCUT2D eigenvalue weighted by atomic mass is 32.2. The molecule has 1 saturated heterocycles. The van der Waals surface area contributed by atoms with Crippen LogP contribution in [0.15, 0.2) is 29.2 Å². The highest BCUT2D eigenvalue weighted by Gasteiger charge is 2.29. The smallest absolute Gasteiger partial charge is 0.253 e. The molecule has 0 unspecified atom stereocenters. The topological polar surface area (TPSA) is 40.6 Å². The third-order valence-electron chi connectivity index (χ3n) is 4.18. The van der Waals surface area contributed by atoms with Crippen LogP contribution in [-0.2, 0) is 4.79 Å². The fourth-order valence-corrected chi connectivity index (χ4v) is 3.77. The van der Waals surface area contributed by atoms with E-state index in [1.54, 1.807) is 11.8 Å². The van der Waals surface area contributed by atoms with Gasteiger partial charge < -0.3 is 9.80 Å². The molecule has 0 aromatic heterocycles. The molecule has 0 saturated carbocycles. The van der Waals surface area contributed by atoms with Crippen LogP contribution in [-0.4, -0.2) is 53.0 Å². The SMILES string of the molecule is CC(C)Sc1ccc(C(=O)N2CCCN(C(=O)C(C)(C)C)CC2)cc1. The summed E-state index contributed by atoms with van der Waals surface area (Å²) >= 11 is 1.79. The van der Waals surface area contributed by atoms with Gasteiger partial charge in [0.1, 0.15) is 0 Å². The zero-order valence-electron chi connectivity index (χ0n) is 16.0. The van der Waals surface area contributed by atoms with Crippen LogP contribution in [0.4, 0.5) is 0 Å². The van der Waals surface area contributed by atoms with E-state index in [0.29, 0.717) is 24.9 Å². The third-order valence-corrected chi connectivity index (χ3v) is 5.20. The standard InChI is InChI=1S/C20H30N2O2S/c1-15(2)25-17-9-7-16(8-10-17)18(23)21-11-6-12-22(14-13-21)19(24)20(3,4)5/h7-10,15H,6,11-14H2,1-5H3. The summed E-state index contributed by atoms with van der Waals surface area (Å²) in [6.45, 7) is 12.8. The molecular formula is C20H30N2O2S. The monoisotopic (exact) mass is 362 g/mol. The second-order valence-electron chi connectivity index (χ2n) is 7.88. The normalized spacial score (nSPS) is 16.1. The van der Waals surface area contributed by atoms with Crippen LogP contribution in [0, 0.1) is 5.41 Å². The summed E-state index contributed by atoms with van der Waals surface area (Å²) in [7, 11) is 0. The molecule has 1 aliphatic heterocycles. The van der Waals surface area contributed by atoms with Crippen LogP contribution in [0.2, 0.25) is 0 Å². The molecule has 138 valence electrons. The van der Waals surface area contributed by atoms with Crippen LogP contribution in [0.5, 0.6) is 0 Å². The summed E-state index contributed by atoms with van der Waals surface area (Å²) in [5.74, 6) is 0.225. The zero-order chi connectivity index (χ0) is 18.6. The van der Waals surface area contributed by atoms with Gasteiger partial charge in [-0.05, 0) is 30.7 Å². The van der Waals surface area contributed by atoms with E-state index in [4.69, 9.17) is 0 Å². The van der Waals surface area contributed by atoms with Crippen LogP contribution in [0.3, 0.4) is 0 Å². The highest BCUT2D eigenvalue weighted by molar-refractivity contribution is 7.99. The number of nitrogens with zero attached hydrogens (tertiary/aromatic N) is 2. The van der Waals surface area contributed by atoms with Crippen LogP contribution < -0.4 is 0 Å². The summed E-state index contributed by atoms with van der Waals surface area (Å²) < 4.78 is 0. The van der Waals surface area contributed by atoms with Crippen LogP contribution in [0.25, 0.3) is 0 Å². The molecule has 0 radical (unpaired) electrons. The molecular weight excluding hydrogens is 332 g/mol. The molecule has 1 aliphatic rings. The van der Waals surface area contributed by atoms with Crippen molar-refractivity contribution in [2.45, 2.75) is 51.2 Å². The van der Waals surface area contributed by atoms with E-state index in [0.717, 1.165) is 18.5 Å². The van der Waals surface area contributed by atoms with E-state index in [1.165, 1.54) is 4.90 Å². The zero-order valence-corrected chi connectivity index (χ0v) is 16.9. The minimum atomic E-state index is -0.372. The van der Waals surface area contributed by atoms with E-state index in [9.17, 15) is 9.59 Å². The van der Waals surface area contributed by atoms with Gasteiger partial charge in [-0.2, -0.15) is 0 Å². The van der Waals surface area contributed by atoms with E-state index in [1.807, 2.05) is 54.8 Å². The van der Waals surface area contributed by atoms with Crippen molar-refractivity contribution in [1.82, 2.24) is 9.80 Å². The van der Waals surface area contributed by atoms with Gasteiger partial charge in [0, 0.05) is 47.3 Å². The number of hydrogen-bond donors (Lipinski definition) is 0. The van der Waals surface area contributed by atoms with Gasteiger partial charge in [0.05, 0.1) is 0 Å². The quantitative estimate of drug-likeness (QED) is 0.766. The molecule has 25 heavy (non-hydrogen) atoms. The Balaban J connectivity index is 2.00. The highest BCUT2D eigenvalue weighted by Crippen LogP contribution is 2.24. The Morgan fingerprint density at radius 1 is 0.960 bits per heavy atom. The van der Waals surface area contributed by atoms with E-state index in [2.05, 4.69) is 13.8 Å². The van der Waals surface area contributed by atoms with Crippen molar-refractivity contribution in [1.29, 1.82) is 0 Å². The number of rotatable bonds is 3. The lowest BCUT2D eigenvalue weighted by atomic mass is 9.94. The molecule has 1 aromatic rings. The molecule has 5 heteroatoms. The molecule has 2 amide bonds. The van der Waals surface area contributed by atoms with Gasteiger partial charge in [-0.25, -0.2) is 0 Å². The van der Waals surface area contributed by atoms with Crippen molar-refractivity contribution in [3.8, 4) is 0 Å². The van der Waals surface area contributed by atoms with E-state index < -0.39 is 0 Å². The number of thioether (sulfide) groups is 1. The van der Waals surface area contributed by atoms with Crippen molar-refractivity contribution < 1.29 is 9.59 Å². The van der Waals surface area contributed by atoms with Gasteiger partial charge in [0.15, 0.2) is 0 Å². The van der Waals surface area contributed by atoms with Crippen molar-refractivity contribution in [3.05, 3.63) is 29.8 Å². The van der Waals surface area contributed by atoms with Crippen molar-refractivity contribution >= 4 is 23.6 Å². The molecule has 1 aromatic carbocycles. The predicted octanol–water partition coefficient (Wildman–Crippen LogP) is 3.91. The fraction of sp³-hybridized carbons (Fsp3) is 0.600. The molecule has 2 rings (SSSR count). The van der Waals surface area contributed by atoms with Crippen LogP contribution >= 0.6 is 11.8 Å². The van der Waals surface area contributed by atoms with Gasteiger partial charge >= 0.3 is 0 Å². The van der Waals surface area contributed by atoms with Crippen molar-refractivity contribution in [3.63, 3.8) is 0 Å². The maximum Gasteiger partial charge on any atom is 0.253 e. The largest absolute Gasteiger partial charge is 0.340 e. The van der Waals surface area contributed by atoms with Crippen LogP contribution in [0.1, 0.15) is 51.4 Å². The van der Waals surface area contributed by atoms with Gasteiger partial charge in [-0.1, -0.05) is 34.6 Å². The second-order valence-corrected chi connectivity index (χ2v) is 9.53. The summed E-state index contributed by atoms with van der Waals surface area (Å²) in [6.07, 6.45) is 0.828. The Labute approximate surface area is 156 Å². The van der Waals surface area contributed by atoms with Gasteiger partial charge in [0.2, 0.25) is 5.91 Å².